The molecule has 27 heavy (non-hydrogen) atoms. The number of methoxy groups -OCH3 is 1. The lowest BCUT2D eigenvalue weighted by molar-refractivity contribution is -0.120. The molecular weight excluding hydrogens is 362 g/mol. The maximum atomic E-state index is 12.4. The van der Waals surface area contributed by atoms with E-state index in [1.165, 1.54) is 0 Å². The van der Waals surface area contributed by atoms with Crippen molar-refractivity contribution in [3.05, 3.63) is 42.5 Å². The molecule has 6 nitrogen and oxygen atoms in total. The highest BCUT2D eigenvalue weighted by molar-refractivity contribution is 7.22. The van der Waals surface area contributed by atoms with Gasteiger partial charge in [-0.2, -0.15) is 0 Å². The summed E-state index contributed by atoms with van der Waals surface area (Å²) < 4.78 is 11.8. The number of nitrogens with zero attached hydrogens (tertiary/aromatic N) is 2. The average Bonchev–Trinajstić information content (AvgIpc) is 3.04. The number of fused-ring (bicyclic) bond motifs is 1. The molecule has 0 aliphatic carbocycles. The number of carbonyl (C=O) groups is 1. The standard InChI is InChI=1S/C20H21N3O3S/c1-3-26-15-6-4-14(5-7-15)21-19(24)13-11-23(12-13)20-22-17-9-8-16(25-2)10-18(17)27-20/h4-10,13H,3,11-12H2,1-2H3,(H,21,24). The number of anilines is 2. The Hall–Kier alpha value is -2.80. The summed E-state index contributed by atoms with van der Waals surface area (Å²) in [6.45, 7) is 3.93. The van der Waals surface area contributed by atoms with Gasteiger partial charge in [0.15, 0.2) is 5.13 Å². The molecule has 140 valence electrons. The van der Waals surface area contributed by atoms with Gasteiger partial charge in [0, 0.05) is 18.8 Å². The summed E-state index contributed by atoms with van der Waals surface area (Å²) in [5.41, 5.74) is 1.74. The molecule has 0 radical (unpaired) electrons. The summed E-state index contributed by atoms with van der Waals surface area (Å²) in [7, 11) is 1.66. The molecule has 0 atom stereocenters. The summed E-state index contributed by atoms with van der Waals surface area (Å²) in [4.78, 5) is 19.2. The molecular formula is C20H21N3O3S. The molecule has 2 heterocycles. The number of hydrogen-bond acceptors (Lipinski definition) is 6. The molecule has 0 saturated carbocycles. The minimum absolute atomic E-state index is 0.0295. The van der Waals surface area contributed by atoms with E-state index >= 15 is 0 Å². The first-order valence-corrected chi connectivity index (χ1v) is 9.71. The van der Waals surface area contributed by atoms with Crippen molar-refractivity contribution in [1.82, 2.24) is 4.98 Å². The Kier molecular flexibility index (Phi) is 4.85. The van der Waals surface area contributed by atoms with Gasteiger partial charge in [-0.05, 0) is 49.4 Å². The van der Waals surface area contributed by atoms with E-state index < -0.39 is 0 Å². The van der Waals surface area contributed by atoms with Crippen LogP contribution in [0.25, 0.3) is 10.2 Å². The number of nitrogens with one attached hydrogen (secondary N) is 1. The van der Waals surface area contributed by atoms with Gasteiger partial charge in [-0.25, -0.2) is 4.98 Å². The molecule has 1 aliphatic heterocycles. The third-order valence-corrected chi connectivity index (χ3v) is 5.62. The zero-order valence-corrected chi connectivity index (χ0v) is 16.1. The first-order chi connectivity index (χ1) is 13.2. The predicted octanol–water partition coefficient (Wildman–Crippen LogP) is 3.78. The minimum Gasteiger partial charge on any atom is -0.497 e. The molecule has 1 aliphatic rings. The van der Waals surface area contributed by atoms with Crippen LogP contribution in [0.5, 0.6) is 11.5 Å². The fourth-order valence-electron chi connectivity index (χ4n) is 3.00. The Labute approximate surface area is 161 Å². The van der Waals surface area contributed by atoms with E-state index in [-0.39, 0.29) is 11.8 Å². The highest BCUT2D eigenvalue weighted by atomic mass is 32.1. The van der Waals surface area contributed by atoms with Crippen LogP contribution in [-0.2, 0) is 4.79 Å². The van der Waals surface area contributed by atoms with Crippen molar-refractivity contribution in [3.63, 3.8) is 0 Å². The normalized spacial score (nSPS) is 14.1. The monoisotopic (exact) mass is 383 g/mol. The van der Waals surface area contributed by atoms with E-state index in [1.54, 1.807) is 18.4 Å². The first-order valence-electron chi connectivity index (χ1n) is 8.89. The Morgan fingerprint density at radius 2 is 1.96 bits per heavy atom. The van der Waals surface area contributed by atoms with Crippen LogP contribution in [0.4, 0.5) is 10.8 Å². The van der Waals surface area contributed by atoms with Crippen LogP contribution in [0.3, 0.4) is 0 Å². The summed E-state index contributed by atoms with van der Waals surface area (Å²) in [6.07, 6.45) is 0. The van der Waals surface area contributed by atoms with Gasteiger partial charge < -0.3 is 19.7 Å². The highest BCUT2D eigenvalue weighted by Crippen LogP contribution is 2.34. The van der Waals surface area contributed by atoms with Gasteiger partial charge in [0.2, 0.25) is 5.91 Å². The van der Waals surface area contributed by atoms with E-state index in [0.29, 0.717) is 19.7 Å². The zero-order chi connectivity index (χ0) is 18.8. The number of aromatic nitrogens is 1. The first kappa shape index (κ1) is 17.6. The molecule has 1 fully saturated rings. The third-order valence-electron chi connectivity index (χ3n) is 4.54. The Balaban J connectivity index is 1.35. The lowest BCUT2D eigenvalue weighted by atomic mass is 10.00. The fourth-order valence-corrected chi connectivity index (χ4v) is 4.01. The van der Waals surface area contributed by atoms with Crippen LogP contribution in [0.2, 0.25) is 0 Å². The van der Waals surface area contributed by atoms with Crippen molar-refractivity contribution in [3.8, 4) is 11.5 Å². The third kappa shape index (κ3) is 3.68. The van der Waals surface area contributed by atoms with Gasteiger partial charge >= 0.3 is 0 Å². The van der Waals surface area contributed by atoms with Gasteiger partial charge in [-0.15, -0.1) is 0 Å². The van der Waals surface area contributed by atoms with Crippen molar-refractivity contribution < 1.29 is 14.3 Å². The van der Waals surface area contributed by atoms with E-state index in [4.69, 9.17) is 9.47 Å². The Bertz CT molecular complexity index is 949. The molecule has 1 saturated heterocycles. The maximum Gasteiger partial charge on any atom is 0.231 e. The number of hydrogen-bond donors (Lipinski definition) is 1. The second-order valence-electron chi connectivity index (χ2n) is 6.38. The number of benzene rings is 2. The number of ether oxygens (including phenoxy) is 2. The molecule has 4 rings (SSSR count). The fraction of sp³-hybridized carbons (Fsp3) is 0.300. The molecule has 1 amide bonds. The second-order valence-corrected chi connectivity index (χ2v) is 7.39. The lowest BCUT2D eigenvalue weighted by Gasteiger charge is -2.37. The molecule has 7 heteroatoms. The summed E-state index contributed by atoms with van der Waals surface area (Å²) >= 11 is 1.62. The zero-order valence-electron chi connectivity index (χ0n) is 15.3. The van der Waals surface area contributed by atoms with Crippen molar-refractivity contribution in [2.24, 2.45) is 5.92 Å². The second kappa shape index (κ2) is 7.44. The summed E-state index contributed by atoms with van der Waals surface area (Å²) in [5.74, 6) is 1.64. The topological polar surface area (TPSA) is 63.7 Å². The molecule has 0 unspecified atom stereocenters. The van der Waals surface area contributed by atoms with Gasteiger partial charge in [-0.1, -0.05) is 11.3 Å². The predicted molar refractivity (Wildman–Crippen MR) is 108 cm³/mol. The quantitative estimate of drug-likeness (QED) is 0.702. The lowest BCUT2D eigenvalue weighted by Crippen LogP contribution is -2.52. The van der Waals surface area contributed by atoms with Gasteiger partial charge in [0.25, 0.3) is 0 Å². The van der Waals surface area contributed by atoms with Crippen molar-refractivity contribution in [2.75, 3.05) is 37.0 Å². The molecule has 1 aromatic heterocycles. The number of rotatable bonds is 6. The van der Waals surface area contributed by atoms with Crippen molar-refractivity contribution in [2.45, 2.75) is 6.92 Å². The summed E-state index contributed by atoms with van der Waals surface area (Å²) in [5, 5.41) is 3.92. The molecule has 2 aromatic carbocycles. The molecule has 1 N–H and O–H groups in total. The highest BCUT2D eigenvalue weighted by Gasteiger charge is 2.34. The molecule has 3 aromatic rings. The SMILES string of the molecule is CCOc1ccc(NC(=O)C2CN(c3nc4ccc(OC)cc4s3)C2)cc1. The number of thiazole rings is 1. The van der Waals surface area contributed by atoms with E-state index in [1.807, 2.05) is 49.4 Å². The van der Waals surface area contributed by atoms with Crippen LogP contribution in [0.1, 0.15) is 6.92 Å². The van der Waals surface area contributed by atoms with Crippen LogP contribution < -0.4 is 19.7 Å². The Morgan fingerprint density at radius 3 is 2.67 bits per heavy atom. The van der Waals surface area contributed by atoms with E-state index in [0.717, 1.165) is 32.5 Å². The number of carbonyl (C=O) groups excluding carboxylic acids is 1. The average molecular weight is 383 g/mol. The maximum absolute atomic E-state index is 12.4. The van der Waals surface area contributed by atoms with Crippen LogP contribution in [-0.4, -0.2) is 37.7 Å². The Morgan fingerprint density at radius 1 is 1.22 bits per heavy atom. The van der Waals surface area contributed by atoms with Crippen LogP contribution in [0, 0.1) is 5.92 Å². The van der Waals surface area contributed by atoms with Crippen LogP contribution in [0.15, 0.2) is 42.5 Å². The van der Waals surface area contributed by atoms with Crippen LogP contribution >= 0.6 is 11.3 Å². The van der Waals surface area contributed by atoms with E-state index in [2.05, 4.69) is 15.2 Å². The number of amides is 1. The van der Waals surface area contributed by atoms with E-state index in [9.17, 15) is 4.79 Å². The summed E-state index contributed by atoms with van der Waals surface area (Å²) in [6, 6.07) is 13.3. The largest absolute Gasteiger partial charge is 0.497 e. The van der Waals surface area contributed by atoms with Gasteiger partial charge in [0.1, 0.15) is 11.5 Å². The van der Waals surface area contributed by atoms with Gasteiger partial charge in [0.05, 0.1) is 29.9 Å². The van der Waals surface area contributed by atoms with Crippen molar-refractivity contribution >= 4 is 38.3 Å². The minimum atomic E-state index is -0.0295. The van der Waals surface area contributed by atoms with Gasteiger partial charge in [-0.3, -0.25) is 4.79 Å². The molecule has 0 spiro atoms. The smallest absolute Gasteiger partial charge is 0.231 e. The van der Waals surface area contributed by atoms with Crippen molar-refractivity contribution in [1.29, 1.82) is 0 Å². The molecule has 0 bridgehead atoms.